The van der Waals surface area contributed by atoms with Crippen LogP contribution in [0.25, 0.3) is 10.8 Å². The summed E-state index contributed by atoms with van der Waals surface area (Å²) in [6.07, 6.45) is -1.32. The highest BCUT2D eigenvalue weighted by atomic mass is 35.5. The monoisotopic (exact) mass is 869 g/mol. The molecule has 3 fully saturated rings. The van der Waals surface area contributed by atoms with Gasteiger partial charge in [0.05, 0.1) is 23.4 Å². The van der Waals surface area contributed by atoms with E-state index in [0.717, 1.165) is 4.90 Å². The van der Waals surface area contributed by atoms with Crippen molar-refractivity contribution >= 4 is 56.2 Å². The minimum absolute atomic E-state index is 0.0424. The number of alkyl halides is 3. The Balaban J connectivity index is 1.44. The van der Waals surface area contributed by atoms with E-state index < -0.39 is 85.9 Å². The molecule has 0 bridgehead atoms. The largest absolute Gasteiger partial charge is 0.495 e. The number of ether oxygens (including phenoxy) is 2. The van der Waals surface area contributed by atoms with E-state index in [-0.39, 0.29) is 53.9 Å². The number of pyridine rings is 1. The Morgan fingerprint density at radius 3 is 2.49 bits per heavy atom. The van der Waals surface area contributed by atoms with Crippen LogP contribution < -0.4 is 19.5 Å². The second kappa shape index (κ2) is 15.9. The minimum Gasteiger partial charge on any atom is -0.495 e. The van der Waals surface area contributed by atoms with Gasteiger partial charge in [-0.1, -0.05) is 44.0 Å². The van der Waals surface area contributed by atoms with Crippen molar-refractivity contribution in [3.63, 3.8) is 0 Å². The number of fused-ring (bicyclic) bond motifs is 3. The van der Waals surface area contributed by atoms with Gasteiger partial charge in [-0.05, 0) is 94.7 Å². The van der Waals surface area contributed by atoms with Crippen molar-refractivity contribution in [3.05, 3.63) is 41.6 Å². The van der Waals surface area contributed by atoms with Gasteiger partial charge in [0.25, 0.3) is 5.91 Å². The van der Waals surface area contributed by atoms with Gasteiger partial charge < -0.3 is 24.8 Å². The molecule has 7 atom stereocenters. The summed E-state index contributed by atoms with van der Waals surface area (Å²) in [4.78, 5) is 62.3. The molecular formula is C40H51ClF3N5O9S. The normalized spacial score (nSPS) is 28.7. The summed E-state index contributed by atoms with van der Waals surface area (Å²) in [5, 5.41) is 14.6. The van der Waals surface area contributed by atoms with Crippen LogP contribution in [0.2, 0.25) is 5.02 Å². The van der Waals surface area contributed by atoms with Crippen molar-refractivity contribution in [2.45, 2.75) is 126 Å². The van der Waals surface area contributed by atoms with Crippen LogP contribution in [0.4, 0.5) is 18.0 Å². The smallest absolute Gasteiger partial charge is 0.411 e. The Morgan fingerprint density at radius 2 is 1.88 bits per heavy atom. The molecule has 3 heterocycles. The van der Waals surface area contributed by atoms with E-state index in [1.165, 1.54) is 20.2 Å². The molecule has 0 spiro atoms. The third kappa shape index (κ3) is 8.40. The molecule has 3 N–H and O–H groups in total. The number of amides is 4. The molecule has 4 aliphatic rings. The average Bonchev–Trinajstić information content (AvgIpc) is 4.03. The van der Waals surface area contributed by atoms with Gasteiger partial charge in [0.1, 0.15) is 35.0 Å². The molecule has 324 valence electrons. The molecule has 2 aliphatic heterocycles. The van der Waals surface area contributed by atoms with Gasteiger partial charge in [-0.15, -0.1) is 0 Å². The number of carbonyl (C=O) groups excluding carboxylic acids is 3. The molecule has 1 saturated heterocycles. The zero-order valence-electron chi connectivity index (χ0n) is 33.8. The fourth-order valence-corrected chi connectivity index (χ4v) is 9.88. The van der Waals surface area contributed by atoms with Crippen LogP contribution in [0.15, 0.2) is 36.5 Å². The van der Waals surface area contributed by atoms with E-state index in [9.17, 15) is 41.1 Å². The lowest BCUT2D eigenvalue weighted by Gasteiger charge is -2.46. The first-order valence-corrected chi connectivity index (χ1v) is 21.6. The van der Waals surface area contributed by atoms with Crippen LogP contribution in [0.3, 0.4) is 0 Å². The Hall–Kier alpha value is -4.32. The van der Waals surface area contributed by atoms with E-state index in [0.29, 0.717) is 56.1 Å². The number of benzene rings is 1. The Bertz CT molecular complexity index is 2150. The lowest BCUT2D eigenvalue weighted by atomic mass is 9.82. The van der Waals surface area contributed by atoms with Crippen LogP contribution in [0, 0.1) is 17.8 Å². The molecule has 2 saturated carbocycles. The summed E-state index contributed by atoms with van der Waals surface area (Å²) < 4.78 is 83.5. The summed E-state index contributed by atoms with van der Waals surface area (Å²) in [7, 11) is -2.68. The van der Waals surface area contributed by atoms with Crippen molar-refractivity contribution in [3.8, 4) is 11.6 Å². The quantitative estimate of drug-likeness (QED) is 0.245. The number of carboxylic acid groups (broad SMARTS) is 1. The van der Waals surface area contributed by atoms with Crippen molar-refractivity contribution in [2.75, 3.05) is 13.7 Å². The van der Waals surface area contributed by atoms with Gasteiger partial charge in [0.15, 0.2) is 0 Å². The summed E-state index contributed by atoms with van der Waals surface area (Å²) in [5.41, 5.74) is -4.77. The summed E-state index contributed by atoms with van der Waals surface area (Å²) >= 11 is 6.44. The van der Waals surface area contributed by atoms with E-state index in [1.807, 2.05) is 13.0 Å². The van der Waals surface area contributed by atoms with Crippen LogP contribution in [0.5, 0.6) is 11.6 Å². The number of halogens is 4. The number of rotatable bonds is 9. The molecule has 59 heavy (non-hydrogen) atoms. The Kier molecular flexibility index (Phi) is 12.0. The van der Waals surface area contributed by atoms with Crippen molar-refractivity contribution in [1.82, 2.24) is 24.8 Å². The SMILES string of the molecule is CC[C@@H]1C[C@H](C)CCC=C[C@@H]2C[C@@]2(C(=O)NS(=O)(=O)C2(C)CC2)NC(=O)[C@@H]2C[C@@H](Oc3nccc4cc(OC)c(Cl)cc34)CN2C(=O)[C@H]1N(C(=O)O)C(C)(C)C(F)(F)F. The molecule has 6 rings (SSSR count). The van der Waals surface area contributed by atoms with Gasteiger partial charge in [-0.25, -0.2) is 18.2 Å². The Morgan fingerprint density at radius 1 is 1.19 bits per heavy atom. The van der Waals surface area contributed by atoms with Gasteiger partial charge in [-0.2, -0.15) is 13.2 Å². The molecule has 2 aromatic rings. The van der Waals surface area contributed by atoms with Crippen LogP contribution in [-0.4, -0.2) is 106 Å². The first-order chi connectivity index (χ1) is 27.5. The third-order valence-electron chi connectivity index (χ3n) is 12.6. The molecule has 2 aliphatic carbocycles. The number of carbonyl (C=O) groups is 4. The fourth-order valence-electron chi connectivity index (χ4n) is 8.33. The van der Waals surface area contributed by atoms with Crippen LogP contribution in [-0.2, 0) is 24.4 Å². The van der Waals surface area contributed by atoms with Crippen LogP contribution in [0.1, 0.15) is 86.0 Å². The number of nitrogens with one attached hydrogen (secondary N) is 2. The number of aromatic nitrogens is 1. The zero-order chi connectivity index (χ0) is 43.5. The lowest BCUT2D eigenvalue weighted by Crippen LogP contribution is -2.66. The van der Waals surface area contributed by atoms with Gasteiger partial charge in [0, 0.05) is 23.9 Å². The maximum Gasteiger partial charge on any atom is 0.411 e. The molecule has 1 aromatic carbocycles. The predicted molar refractivity (Wildman–Crippen MR) is 211 cm³/mol. The highest BCUT2D eigenvalue weighted by Crippen LogP contribution is 2.48. The molecule has 14 nitrogen and oxygen atoms in total. The average molecular weight is 870 g/mol. The maximum atomic E-state index is 15.1. The highest BCUT2D eigenvalue weighted by Gasteiger charge is 2.64. The number of hydrogen-bond donors (Lipinski definition) is 3. The van der Waals surface area contributed by atoms with Crippen molar-refractivity contribution in [1.29, 1.82) is 0 Å². The van der Waals surface area contributed by atoms with E-state index in [2.05, 4.69) is 15.0 Å². The number of methoxy groups -OCH3 is 1. The summed E-state index contributed by atoms with van der Waals surface area (Å²) in [6.45, 7) is 6.06. The number of sulfonamides is 1. The summed E-state index contributed by atoms with van der Waals surface area (Å²) in [6, 6.07) is 1.52. The lowest BCUT2D eigenvalue weighted by molar-refractivity contribution is -0.222. The highest BCUT2D eigenvalue weighted by molar-refractivity contribution is 7.91. The standard InChI is InChI=1S/C40H51ClF3N5O9S/c1-7-23-16-22(2)10-8-9-11-25-20-39(25,35(52)47-59(55,56)38(5)13-14-38)46-32(50)29-18-26(58-33-27-19-28(41)30(57-6)17-24(27)12-15-45-33)21-48(29)34(51)31(23)49(36(53)54)37(3,4)40(42,43)44/h9,11-12,15,17,19,22-23,25-26,29,31H,7-8,10,13-14,16,18,20-21H2,1-6H3,(H,46,50)(H,47,52)(H,53,54)/t22-,23-,25-,26-,29+,31+,39-/m1/s1. The first kappa shape index (κ1) is 44.2. The Labute approximate surface area is 346 Å². The molecule has 1 aromatic heterocycles. The minimum atomic E-state index is -5.10. The van der Waals surface area contributed by atoms with E-state index in [4.69, 9.17) is 21.1 Å². The maximum absolute atomic E-state index is 15.1. The second-order valence-corrected chi connectivity index (χ2v) is 19.7. The van der Waals surface area contributed by atoms with E-state index >= 15 is 4.79 Å². The van der Waals surface area contributed by atoms with Gasteiger partial charge in [0.2, 0.25) is 27.7 Å². The number of nitrogens with zero attached hydrogens (tertiary/aromatic N) is 3. The van der Waals surface area contributed by atoms with Gasteiger partial charge >= 0.3 is 12.3 Å². The molecule has 0 radical (unpaired) electrons. The number of hydrogen-bond acceptors (Lipinski definition) is 9. The molecule has 19 heteroatoms. The molecule has 0 unspecified atom stereocenters. The van der Waals surface area contributed by atoms with Crippen LogP contribution >= 0.6 is 11.6 Å². The molecule has 4 amide bonds. The summed E-state index contributed by atoms with van der Waals surface area (Å²) in [5.74, 6) is -4.16. The molecular weight excluding hydrogens is 819 g/mol. The van der Waals surface area contributed by atoms with Crippen molar-refractivity contribution < 1.29 is 55.3 Å². The second-order valence-electron chi connectivity index (χ2n) is 17.1. The third-order valence-corrected chi connectivity index (χ3v) is 15.1. The first-order valence-electron chi connectivity index (χ1n) is 19.7. The fraction of sp³-hybridized carbons (Fsp3) is 0.625. The van der Waals surface area contributed by atoms with E-state index in [1.54, 1.807) is 31.2 Å². The topological polar surface area (TPSA) is 185 Å². The van der Waals surface area contributed by atoms with Gasteiger partial charge in [-0.3, -0.25) is 24.0 Å². The number of allylic oxidation sites excluding steroid dienone is 1. The van der Waals surface area contributed by atoms with Crippen molar-refractivity contribution in [2.24, 2.45) is 17.8 Å². The zero-order valence-corrected chi connectivity index (χ0v) is 35.3. The predicted octanol–water partition coefficient (Wildman–Crippen LogP) is 6.21.